The molecule has 0 spiro atoms. The van der Waals surface area contributed by atoms with Gasteiger partial charge in [0.15, 0.2) is 0 Å². The summed E-state index contributed by atoms with van der Waals surface area (Å²) < 4.78 is 18.5. The van der Waals surface area contributed by atoms with Crippen LogP contribution in [0.5, 0.6) is 0 Å². The number of carboxylic acid groups (broad SMARTS) is 1. The summed E-state index contributed by atoms with van der Waals surface area (Å²) >= 11 is 0. The van der Waals surface area contributed by atoms with Crippen LogP contribution in [-0.4, -0.2) is 22.1 Å². The van der Waals surface area contributed by atoms with Crippen molar-refractivity contribution in [3.05, 3.63) is 46.6 Å². The summed E-state index contributed by atoms with van der Waals surface area (Å²) in [4.78, 5) is 23.1. The van der Waals surface area contributed by atoms with E-state index in [1.165, 1.54) is 19.1 Å². The summed E-state index contributed by atoms with van der Waals surface area (Å²) in [5, 5.41) is 14.9. The maximum atomic E-state index is 13.7. The minimum Gasteiger partial charge on any atom is -0.478 e. The Labute approximate surface area is 113 Å². The molecule has 1 aromatic heterocycles. The minimum absolute atomic E-state index is 0.157. The Balaban J connectivity index is 2.40. The van der Waals surface area contributed by atoms with Gasteiger partial charge in [-0.1, -0.05) is 11.2 Å². The van der Waals surface area contributed by atoms with Gasteiger partial charge in [0.25, 0.3) is 5.91 Å². The summed E-state index contributed by atoms with van der Waals surface area (Å²) in [6, 6.07) is 3.52. The van der Waals surface area contributed by atoms with E-state index in [9.17, 15) is 14.0 Å². The average Bonchev–Trinajstić information content (AvgIpc) is 2.71. The van der Waals surface area contributed by atoms with E-state index in [2.05, 4.69) is 10.5 Å². The Morgan fingerprint density at radius 2 is 2.05 bits per heavy atom. The maximum absolute atomic E-state index is 13.7. The number of amides is 1. The fourth-order valence-electron chi connectivity index (χ4n) is 1.81. The molecule has 0 atom stereocenters. The van der Waals surface area contributed by atoms with Crippen LogP contribution >= 0.6 is 0 Å². The number of hydrogen-bond acceptors (Lipinski definition) is 4. The third-order valence-electron chi connectivity index (χ3n) is 2.74. The number of carboxylic acids is 1. The lowest BCUT2D eigenvalue weighted by Crippen LogP contribution is -2.17. The van der Waals surface area contributed by atoms with Crippen LogP contribution in [0, 0.1) is 19.7 Å². The van der Waals surface area contributed by atoms with Crippen molar-refractivity contribution >= 4 is 17.6 Å². The molecule has 0 unspecified atom stereocenters. The van der Waals surface area contributed by atoms with Crippen LogP contribution < -0.4 is 5.32 Å². The third kappa shape index (κ3) is 2.37. The van der Waals surface area contributed by atoms with E-state index in [0.717, 1.165) is 6.07 Å². The summed E-state index contributed by atoms with van der Waals surface area (Å²) in [5.74, 6) is -2.56. The normalized spacial score (nSPS) is 10.3. The highest BCUT2D eigenvalue weighted by Crippen LogP contribution is 2.22. The predicted molar refractivity (Wildman–Crippen MR) is 67.3 cm³/mol. The Hall–Kier alpha value is -2.70. The first-order valence-corrected chi connectivity index (χ1v) is 5.68. The van der Waals surface area contributed by atoms with Gasteiger partial charge in [-0.2, -0.15) is 0 Å². The molecule has 0 aliphatic rings. The van der Waals surface area contributed by atoms with E-state index in [-0.39, 0.29) is 22.6 Å². The molecule has 0 fully saturated rings. The number of aromatic nitrogens is 1. The summed E-state index contributed by atoms with van der Waals surface area (Å²) in [5.41, 5.74) is -0.215. The van der Waals surface area contributed by atoms with E-state index in [1.54, 1.807) is 6.92 Å². The lowest BCUT2D eigenvalue weighted by Gasteiger charge is -2.09. The molecule has 2 aromatic rings. The van der Waals surface area contributed by atoms with Crippen molar-refractivity contribution in [2.45, 2.75) is 13.8 Å². The second-order valence-electron chi connectivity index (χ2n) is 4.12. The first-order valence-electron chi connectivity index (χ1n) is 5.68. The van der Waals surface area contributed by atoms with Crippen molar-refractivity contribution in [3.8, 4) is 0 Å². The van der Waals surface area contributed by atoms with Gasteiger partial charge < -0.3 is 14.9 Å². The number of nitrogens with one attached hydrogen (secondary N) is 1. The van der Waals surface area contributed by atoms with Crippen LogP contribution in [0.25, 0.3) is 0 Å². The highest BCUT2D eigenvalue weighted by molar-refractivity contribution is 6.08. The molecular formula is C13H11FN2O4. The standard InChI is InChI=1S/C13H11FN2O4/c1-6-10(7(2)20-16-6)12(17)15-11-8(13(18)19)4-3-5-9(11)14/h3-5H,1-2H3,(H,15,17)(H,18,19). The number of hydrogen-bond donors (Lipinski definition) is 2. The van der Waals surface area contributed by atoms with Gasteiger partial charge in [0.2, 0.25) is 0 Å². The number of halogens is 1. The van der Waals surface area contributed by atoms with Crippen molar-refractivity contribution in [2.24, 2.45) is 0 Å². The van der Waals surface area contributed by atoms with Gasteiger partial charge in [-0.05, 0) is 26.0 Å². The fraction of sp³-hybridized carbons (Fsp3) is 0.154. The van der Waals surface area contributed by atoms with Crippen LogP contribution in [-0.2, 0) is 0 Å². The number of para-hydroxylation sites is 1. The second kappa shape index (κ2) is 5.12. The predicted octanol–water partition coefficient (Wildman–Crippen LogP) is 2.38. The molecular weight excluding hydrogens is 267 g/mol. The molecule has 2 rings (SSSR count). The molecule has 0 saturated heterocycles. The van der Waals surface area contributed by atoms with E-state index >= 15 is 0 Å². The van der Waals surface area contributed by atoms with Crippen LogP contribution in [0.4, 0.5) is 10.1 Å². The van der Waals surface area contributed by atoms with Gasteiger partial charge in [0, 0.05) is 0 Å². The Bertz CT molecular complexity index is 674. The SMILES string of the molecule is Cc1noc(C)c1C(=O)Nc1c(F)cccc1C(=O)O. The molecule has 0 aliphatic carbocycles. The first kappa shape index (κ1) is 13.7. The molecule has 2 N–H and O–H groups in total. The zero-order valence-electron chi connectivity index (χ0n) is 10.7. The molecule has 1 amide bonds. The molecule has 6 nitrogen and oxygen atoms in total. The molecule has 0 bridgehead atoms. The fourth-order valence-corrected chi connectivity index (χ4v) is 1.81. The van der Waals surface area contributed by atoms with Crippen LogP contribution in [0.3, 0.4) is 0 Å². The van der Waals surface area contributed by atoms with Crippen molar-refractivity contribution in [1.29, 1.82) is 0 Å². The number of nitrogens with zero attached hydrogens (tertiary/aromatic N) is 1. The number of aryl methyl sites for hydroxylation is 2. The van der Waals surface area contributed by atoms with E-state index in [4.69, 9.17) is 9.63 Å². The number of carbonyl (C=O) groups is 2. The smallest absolute Gasteiger partial charge is 0.337 e. The zero-order valence-corrected chi connectivity index (χ0v) is 10.7. The number of anilines is 1. The number of benzene rings is 1. The van der Waals surface area contributed by atoms with Crippen LogP contribution in [0.1, 0.15) is 32.2 Å². The van der Waals surface area contributed by atoms with Crippen LogP contribution in [0.2, 0.25) is 0 Å². The average molecular weight is 278 g/mol. The van der Waals surface area contributed by atoms with E-state index < -0.39 is 17.7 Å². The molecule has 1 heterocycles. The lowest BCUT2D eigenvalue weighted by atomic mass is 10.1. The van der Waals surface area contributed by atoms with E-state index in [1.807, 2.05) is 0 Å². The quantitative estimate of drug-likeness (QED) is 0.899. The van der Waals surface area contributed by atoms with Gasteiger partial charge in [-0.15, -0.1) is 0 Å². The summed E-state index contributed by atoms with van der Waals surface area (Å²) in [6.07, 6.45) is 0. The highest BCUT2D eigenvalue weighted by Gasteiger charge is 2.21. The summed E-state index contributed by atoms with van der Waals surface area (Å²) in [7, 11) is 0. The van der Waals surface area contributed by atoms with Crippen molar-refractivity contribution < 1.29 is 23.6 Å². The van der Waals surface area contributed by atoms with Crippen LogP contribution in [0.15, 0.2) is 22.7 Å². The van der Waals surface area contributed by atoms with Crippen molar-refractivity contribution in [1.82, 2.24) is 5.16 Å². The third-order valence-corrected chi connectivity index (χ3v) is 2.74. The topological polar surface area (TPSA) is 92.4 Å². The molecule has 1 aromatic carbocycles. The highest BCUT2D eigenvalue weighted by atomic mass is 19.1. The van der Waals surface area contributed by atoms with Gasteiger partial charge in [-0.25, -0.2) is 9.18 Å². The van der Waals surface area contributed by atoms with Crippen molar-refractivity contribution in [2.75, 3.05) is 5.32 Å². The molecule has 0 saturated carbocycles. The zero-order chi connectivity index (χ0) is 14.9. The van der Waals surface area contributed by atoms with E-state index in [0.29, 0.717) is 5.69 Å². The van der Waals surface area contributed by atoms with Gasteiger partial charge in [0.1, 0.15) is 17.1 Å². The summed E-state index contributed by atoms with van der Waals surface area (Å²) in [6.45, 7) is 3.10. The molecule has 20 heavy (non-hydrogen) atoms. The van der Waals surface area contributed by atoms with Gasteiger partial charge in [0.05, 0.1) is 16.9 Å². The number of carbonyl (C=O) groups excluding carboxylic acids is 1. The monoisotopic (exact) mass is 278 g/mol. The Morgan fingerprint density at radius 3 is 2.60 bits per heavy atom. The number of aromatic carboxylic acids is 1. The van der Waals surface area contributed by atoms with Gasteiger partial charge >= 0.3 is 5.97 Å². The molecule has 7 heteroatoms. The lowest BCUT2D eigenvalue weighted by molar-refractivity contribution is 0.0697. The molecule has 0 aliphatic heterocycles. The van der Waals surface area contributed by atoms with Gasteiger partial charge in [-0.3, -0.25) is 4.79 Å². The van der Waals surface area contributed by atoms with Crippen molar-refractivity contribution in [3.63, 3.8) is 0 Å². The minimum atomic E-state index is -1.33. The Kier molecular flexibility index (Phi) is 3.51. The maximum Gasteiger partial charge on any atom is 0.337 e. The molecule has 0 radical (unpaired) electrons. The first-order chi connectivity index (χ1) is 9.41. The number of rotatable bonds is 3. The largest absolute Gasteiger partial charge is 0.478 e. The molecule has 104 valence electrons. The Morgan fingerprint density at radius 1 is 1.35 bits per heavy atom. The second-order valence-corrected chi connectivity index (χ2v) is 4.12.